The van der Waals surface area contributed by atoms with E-state index in [0.717, 1.165) is 43.2 Å². The molecule has 0 fully saturated rings. The monoisotopic (exact) mass is 340 g/mol. The van der Waals surface area contributed by atoms with E-state index in [1.807, 2.05) is 12.4 Å². The van der Waals surface area contributed by atoms with Crippen LogP contribution < -0.4 is 15.4 Å². The minimum atomic E-state index is 0.820. The first-order chi connectivity index (χ1) is 12.1. The summed E-state index contributed by atoms with van der Waals surface area (Å²) in [6.07, 6.45) is 5.61. The van der Waals surface area contributed by atoms with Crippen molar-refractivity contribution in [3.63, 3.8) is 0 Å². The first-order valence-electron chi connectivity index (χ1n) is 8.61. The first kappa shape index (κ1) is 18.8. The number of aromatic nitrogens is 1. The summed E-state index contributed by atoms with van der Waals surface area (Å²) in [6.45, 7) is 5.80. The SMILES string of the molecule is CN=C(NCCc1ccc(C)c(OC)c1)NCCc1ccncc1C. The molecular weight excluding hydrogens is 312 g/mol. The maximum absolute atomic E-state index is 5.38. The van der Waals surface area contributed by atoms with Crippen LogP contribution in [-0.2, 0) is 12.8 Å². The lowest BCUT2D eigenvalue weighted by molar-refractivity contribution is 0.411. The summed E-state index contributed by atoms with van der Waals surface area (Å²) in [5.41, 5.74) is 4.94. The molecule has 134 valence electrons. The number of ether oxygens (including phenoxy) is 1. The molecule has 0 unspecified atom stereocenters. The molecule has 0 atom stereocenters. The highest BCUT2D eigenvalue weighted by molar-refractivity contribution is 5.79. The minimum absolute atomic E-state index is 0.820. The van der Waals surface area contributed by atoms with E-state index in [1.165, 1.54) is 16.7 Å². The second-order valence-electron chi connectivity index (χ2n) is 6.03. The summed E-state index contributed by atoms with van der Waals surface area (Å²) in [7, 11) is 3.50. The summed E-state index contributed by atoms with van der Waals surface area (Å²) < 4.78 is 5.38. The fourth-order valence-electron chi connectivity index (χ4n) is 2.66. The molecule has 2 rings (SSSR count). The Hall–Kier alpha value is -2.56. The molecule has 2 aromatic rings. The maximum Gasteiger partial charge on any atom is 0.190 e. The van der Waals surface area contributed by atoms with Gasteiger partial charge in [0, 0.05) is 32.5 Å². The highest BCUT2D eigenvalue weighted by Gasteiger charge is 2.02. The van der Waals surface area contributed by atoms with Gasteiger partial charge in [0.25, 0.3) is 0 Å². The van der Waals surface area contributed by atoms with Crippen LogP contribution in [-0.4, -0.2) is 38.2 Å². The Labute approximate surface area is 150 Å². The predicted molar refractivity (Wildman–Crippen MR) is 103 cm³/mol. The smallest absolute Gasteiger partial charge is 0.190 e. The van der Waals surface area contributed by atoms with Crippen molar-refractivity contribution in [3.05, 3.63) is 58.9 Å². The topological polar surface area (TPSA) is 58.5 Å². The molecule has 25 heavy (non-hydrogen) atoms. The number of benzene rings is 1. The molecule has 0 spiro atoms. The van der Waals surface area contributed by atoms with Crippen LogP contribution in [0, 0.1) is 13.8 Å². The quantitative estimate of drug-likeness (QED) is 0.601. The van der Waals surface area contributed by atoms with E-state index in [9.17, 15) is 0 Å². The molecule has 5 heteroatoms. The lowest BCUT2D eigenvalue weighted by atomic mass is 10.1. The summed E-state index contributed by atoms with van der Waals surface area (Å²) in [5.74, 6) is 1.76. The number of pyridine rings is 1. The third-order valence-electron chi connectivity index (χ3n) is 4.23. The zero-order chi connectivity index (χ0) is 18.1. The lowest BCUT2D eigenvalue weighted by Crippen LogP contribution is -2.39. The van der Waals surface area contributed by atoms with Crippen LogP contribution >= 0.6 is 0 Å². The van der Waals surface area contributed by atoms with Crippen molar-refractivity contribution < 1.29 is 4.74 Å². The van der Waals surface area contributed by atoms with Crippen molar-refractivity contribution >= 4 is 5.96 Å². The molecule has 1 aromatic heterocycles. The number of aliphatic imine (C=N–C) groups is 1. The number of hydrogen-bond donors (Lipinski definition) is 2. The summed E-state index contributed by atoms with van der Waals surface area (Å²) in [4.78, 5) is 8.40. The van der Waals surface area contributed by atoms with Crippen LogP contribution in [0.25, 0.3) is 0 Å². The summed E-state index contributed by atoms with van der Waals surface area (Å²) >= 11 is 0. The van der Waals surface area contributed by atoms with Crippen LogP contribution in [0.1, 0.15) is 22.3 Å². The van der Waals surface area contributed by atoms with Crippen molar-refractivity contribution in [3.8, 4) is 5.75 Å². The van der Waals surface area contributed by atoms with Gasteiger partial charge in [0.2, 0.25) is 0 Å². The Balaban J connectivity index is 1.76. The van der Waals surface area contributed by atoms with Crippen molar-refractivity contribution in [2.75, 3.05) is 27.2 Å². The molecule has 0 bridgehead atoms. The molecule has 0 saturated heterocycles. The van der Waals surface area contributed by atoms with E-state index in [1.54, 1.807) is 14.2 Å². The van der Waals surface area contributed by atoms with Gasteiger partial charge in [-0.25, -0.2) is 0 Å². The standard InChI is InChI=1S/C20H28N4O/c1-15-5-6-17(13-19(15)25-4)7-11-23-20(21-3)24-12-9-18-8-10-22-14-16(18)2/h5-6,8,10,13-14H,7,9,11-12H2,1-4H3,(H2,21,23,24). The fourth-order valence-corrected chi connectivity index (χ4v) is 2.66. The molecule has 0 aliphatic rings. The zero-order valence-electron chi connectivity index (χ0n) is 15.6. The van der Waals surface area contributed by atoms with Gasteiger partial charge in [-0.05, 0) is 61.1 Å². The van der Waals surface area contributed by atoms with Crippen LogP contribution in [0.15, 0.2) is 41.7 Å². The minimum Gasteiger partial charge on any atom is -0.496 e. The third-order valence-corrected chi connectivity index (χ3v) is 4.23. The number of methoxy groups -OCH3 is 1. The molecule has 5 nitrogen and oxygen atoms in total. The number of aryl methyl sites for hydroxylation is 2. The number of nitrogens with one attached hydrogen (secondary N) is 2. The van der Waals surface area contributed by atoms with E-state index >= 15 is 0 Å². The van der Waals surface area contributed by atoms with Crippen molar-refractivity contribution in [1.29, 1.82) is 0 Å². The van der Waals surface area contributed by atoms with E-state index in [2.05, 4.69) is 58.7 Å². The molecule has 1 heterocycles. The van der Waals surface area contributed by atoms with Crippen LogP contribution in [0.5, 0.6) is 5.75 Å². The Morgan fingerprint density at radius 1 is 1.08 bits per heavy atom. The van der Waals surface area contributed by atoms with E-state index in [4.69, 9.17) is 4.74 Å². The zero-order valence-corrected chi connectivity index (χ0v) is 15.6. The van der Waals surface area contributed by atoms with Crippen molar-refractivity contribution in [2.45, 2.75) is 26.7 Å². The number of rotatable bonds is 7. The fraction of sp³-hybridized carbons (Fsp3) is 0.400. The lowest BCUT2D eigenvalue weighted by Gasteiger charge is -2.13. The van der Waals surface area contributed by atoms with Gasteiger partial charge in [-0.3, -0.25) is 9.98 Å². The van der Waals surface area contributed by atoms with Gasteiger partial charge < -0.3 is 15.4 Å². The number of nitrogens with zero attached hydrogens (tertiary/aromatic N) is 2. The molecule has 0 saturated carbocycles. The average molecular weight is 340 g/mol. The van der Waals surface area contributed by atoms with E-state index in [0.29, 0.717) is 0 Å². The molecule has 0 aliphatic carbocycles. The number of guanidine groups is 1. The van der Waals surface area contributed by atoms with Gasteiger partial charge in [0.05, 0.1) is 7.11 Å². The maximum atomic E-state index is 5.38. The van der Waals surface area contributed by atoms with Crippen LogP contribution in [0.4, 0.5) is 0 Å². The van der Waals surface area contributed by atoms with Crippen LogP contribution in [0.2, 0.25) is 0 Å². The molecular formula is C20H28N4O. The highest BCUT2D eigenvalue weighted by Crippen LogP contribution is 2.18. The average Bonchev–Trinajstić information content (AvgIpc) is 2.63. The Bertz CT molecular complexity index is 713. The van der Waals surface area contributed by atoms with Crippen LogP contribution in [0.3, 0.4) is 0 Å². The largest absolute Gasteiger partial charge is 0.496 e. The Morgan fingerprint density at radius 3 is 2.52 bits per heavy atom. The van der Waals surface area contributed by atoms with Gasteiger partial charge in [0.15, 0.2) is 5.96 Å². The highest BCUT2D eigenvalue weighted by atomic mass is 16.5. The second-order valence-corrected chi connectivity index (χ2v) is 6.03. The van der Waals surface area contributed by atoms with Crippen molar-refractivity contribution in [2.24, 2.45) is 4.99 Å². The molecule has 2 N–H and O–H groups in total. The molecule has 0 aliphatic heterocycles. The van der Waals surface area contributed by atoms with Gasteiger partial charge in [0.1, 0.15) is 5.75 Å². The Kier molecular flexibility index (Phi) is 7.26. The second kappa shape index (κ2) is 9.67. The Morgan fingerprint density at radius 2 is 1.84 bits per heavy atom. The third kappa shape index (κ3) is 5.78. The molecule has 0 amide bonds. The van der Waals surface area contributed by atoms with E-state index < -0.39 is 0 Å². The predicted octanol–water partition coefficient (Wildman–Crippen LogP) is 2.66. The number of hydrogen-bond acceptors (Lipinski definition) is 3. The summed E-state index contributed by atoms with van der Waals surface area (Å²) in [6, 6.07) is 8.40. The van der Waals surface area contributed by atoms with Gasteiger partial charge in [-0.1, -0.05) is 12.1 Å². The molecule has 0 radical (unpaired) electrons. The van der Waals surface area contributed by atoms with Gasteiger partial charge in [-0.15, -0.1) is 0 Å². The van der Waals surface area contributed by atoms with Gasteiger partial charge in [-0.2, -0.15) is 0 Å². The van der Waals surface area contributed by atoms with Gasteiger partial charge >= 0.3 is 0 Å². The first-order valence-corrected chi connectivity index (χ1v) is 8.61. The molecule has 1 aromatic carbocycles. The normalized spacial score (nSPS) is 11.3. The summed E-state index contributed by atoms with van der Waals surface area (Å²) in [5, 5.41) is 6.71. The van der Waals surface area contributed by atoms with E-state index in [-0.39, 0.29) is 0 Å². The van der Waals surface area contributed by atoms with Crippen molar-refractivity contribution in [1.82, 2.24) is 15.6 Å².